The molecule has 2 aromatic rings. The number of nitro groups is 1. The van der Waals surface area contributed by atoms with Crippen LogP contribution in [-0.4, -0.2) is 29.0 Å². The normalized spacial score (nSPS) is 10.7. The summed E-state index contributed by atoms with van der Waals surface area (Å²) in [6.07, 6.45) is 0. The third-order valence-corrected chi connectivity index (χ3v) is 3.92. The van der Waals surface area contributed by atoms with Gasteiger partial charge >= 0.3 is 5.97 Å². The van der Waals surface area contributed by atoms with Gasteiger partial charge in [0.05, 0.1) is 17.1 Å². The van der Waals surface area contributed by atoms with Crippen molar-refractivity contribution in [1.82, 2.24) is 0 Å². The van der Waals surface area contributed by atoms with Crippen LogP contribution >= 0.6 is 0 Å². The maximum absolute atomic E-state index is 12.5. The number of amides is 1. The first-order valence-corrected chi connectivity index (χ1v) is 8.18. The summed E-state index contributed by atoms with van der Waals surface area (Å²) in [7, 11) is 1.47. The Morgan fingerprint density at radius 3 is 2.44 bits per heavy atom. The van der Waals surface area contributed by atoms with Gasteiger partial charge in [0.1, 0.15) is 0 Å². The van der Waals surface area contributed by atoms with Crippen LogP contribution < -0.4 is 5.32 Å². The number of aromatic carboxylic acids is 1. The number of carbonyl (C=O) groups is 2. The minimum Gasteiger partial charge on any atom is -0.478 e. The van der Waals surface area contributed by atoms with Gasteiger partial charge in [-0.3, -0.25) is 14.9 Å². The number of hydrogen-bond acceptors (Lipinski definition) is 5. The molecule has 0 unspecified atom stereocenters. The molecule has 8 nitrogen and oxygen atoms in total. The molecule has 1 amide bonds. The molecule has 142 valence electrons. The Kier molecular flexibility index (Phi) is 6.25. The number of nitrogens with zero attached hydrogens (tertiary/aromatic N) is 1. The molecule has 2 N–H and O–H groups in total. The zero-order valence-corrected chi connectivity index (χ0v) is 15.2. The highest BCUT2D eigenvalue weighted by atomic mass is 16.6. The maximum atomic E-state index is 12.5. The van der Waals surface area contributed by atoms with Crippen molar-refractivity contribution in [3.05, 3.63) is 68.8 Å². The largest absolute Gasteiger partial charge is 0.478 e. The van der Waals surface area contributed by atoms with Crippen molar-refractivity contribution in [2.24, 2.45) is 0 Å². The van der Waals surface area contributed by atoms with Gasteiger partial charge < -0.3 is 15.2 Å². The Labute approximate surface area is 155 Å². The van der Waals surface area contributed by atoms with Crippen molar-refractivity contribution in [2.75, 3.05) is 12.4 Å². The molecular weight excluding hydrogens is 352 g/mol. The van der Waals surface area contributed by atoms with E-state index in [1.54, 1.807) is 12.1 Å². The van der Waals surface area contributed by atoms with Crippen LogP contribution in [0.1, 0.15) is 51.6 Å². The Balaban J connectivity index is 2.35. The second-order valence-corrected chi connectivity index (χ2v) is 6.30. The highest BCUT2D eigenvalue weighted by Gasteiger charge is 2.20. The molecule has 0 radical (unpaired) electrons. The molecule has 0 heterocycles. The summed E-state index contributed by atoms with van der Waals surface area (Å²) in [6, 6.07) is 8.64. The monoisotopic (exact) mass is 372 g/mol. The quantitative estimate of drug-likeness (QED) is 0.563. The molecule has 0 saturated carbocycles. The van der Waals surface area contributed by atoms with E-state index in [-0.39, 0.29) is 35.0 Å². The highest BCUT2D eigenvalue weighted by Crippen LogP contribution is 2.27. The summed E-state index contributed by atoms with van der Waals surface area (Å²) in [5, 5.41) is 23.1. The number of carboxylic acids is 1. The molecule has 0 bridgehead atoms. The predicted octanol–water partition coefficient (Wildman–Crippen LogP) is 3.82. The van der Waals surface area contributed by atoms with Gasteiger partial charge in [0.15, 0.2) is 0 Å². The van der Waals surface area contributed by atoms with Crippen LogP contribution in [0.5, 0.6) is 0 Å². The second kappa shape index (κ2) is 8.41. The van der Waals surface area contributed by atoms with Crippen LogP contribution in [0.25, 0.3) is 0 Å². The second-order valence-electron chi connectivity index (χ2n) is 6.30. The Morgan fingerprint density at radius 1 is 1.19 bits per heavy atom. The van der Waals surface area contributed by atoms with Gasteiger partial charge in [-0.2, -0.15) is 0 Å². The molecule has 0 aliphatic heterocycles. The first kappa shape index (κ1) is 20.1. The number of benzene rings is 2. The lowest BCUT2D eigenvalue weighted by Gasteiger charge is -2.11. The summed E-state index contributed by atoms with van der Waals surface area (Å²) in [6.45, 7) is 3.84. The summed E-state index contributed by atoms with van der Waals surface area (Å²) in [5.41, 5.74) is 1.36. The minimum atomic E-state index is -1.14. The fourth-order valence-electron chi connectivity index (χ4n) is 2.67. The Morgan fingerprint density at radius 2 is 1.89 bits per heavy atom. The predicted molar refractivity (Wildman–Crippen MR) is 99.3 cm³/mol. The molecule has 2 rings (SSSR count). The van der Waals surface area contributed by atoms with E-state index in [1.165, 1.54) is 31.4 Å². The summed E-state index contributed by atoms with van der Waals surface area (Å²) >= 11 is 0. The third-order valence-electron chi connectivity index (χ3n) is 3.92. The molecular formula is C19H20N2O6. The summed E-state index contributed by atoms with van der Waals surface area (Å²) in [5.74, 6) is -1.77. The highest BCUT2D eigenvalue weighted by molar-refractivity contribution is 6.05. The first-order valence-electron chi connectivity index (χ1n) is 8.18. The van der Waals surface area contributed by atoms with E-state index >= 15 is 0 Å². The van der Waals surface area contributed by atoms with Crippen molar-refractivity contribution < 1.29 is 24.4 Å². The van der Waals surface area contributed by atoms with Gasteiger partial charge in [0.2, 0.25) is 0 Å². The molecule has 0 atom stereocenters. The van der Waals surface area contributed by atoms with E-state index in [1.807, 2.05) is 13.8 Å². The molecule has 0 aliphatic rings. The zero-order chi connectivity index (χ0) is 20.1. The number of rotatable bonds is 7. The molecule has 0 aromatic heterocycles. The van der Waals surface area contributed by atoms with E-state index in [0.717, 1.165) is 0 Å². The molecule has 0 spiro atoms. The van der Waals surface area contributed by atoms with E-state index in [0.29, 0.717) is 11.1 Å². The van der Waals surface area contributed by atoms with Crippen LogP contribution in [-0.2, 0) is 11.3 Å². The number of carbonyl (C=O) groups excluding carboxylic acids is 1. The number of methoxy groups -OCH3 is 1. The van der Waals surface area contributed by atoms with Gasteiger partial charge in [-0.25, -0.2) is 4.79 Å². The fourth-order valence-corrected chi connectivity index (χ4v) is 2.67. The lowest BCUT2D eigenvalue weighted by Crippen LogP contribution is -2.14. The first-order chi connectivity index (χ1) is 12.7. The van der Waals surface area contributed by atoms with Gasteiger partial charge in [0.25, 0.3) is 11.6 Å². The van der Waals surface area contributed by atoms with E-state index in [2.05, 4.69) is 5.32 Å². The molecule has 0 aliphatic carbocycles. The lowest BCUT2D eigenvalue weighted by atomic mass is 9.99. The van der Waals surface area contributed by atoms with E-state index in [9.17, 15) is 24.8 Å². The molecule has 0 saturated heterocycles. The van der Waals surface area contributed by atoms with Crippen molar-refractivity contribution in [1.29, 1.82) is 0 Å². The van der Waals surface area contributed by atoms with Crippen LogP contribution in [0.3, 0.4) is 0 Å². The number of nitrogens with one attached hydrogen (secondary N) is 1. The number of ether oxygens (including phenoxy) is 1. The minimum absolute atomic E-state index is 0.000913. The van der Waals surface area contributed by atoms with E-state index in [4.69, 9.17) is 4.74 Å². The van der Waals surface area contributed by atoms with Gasteiger partial charge in [-0.05, 0) is 35.7 Å². The third kappa shape index (κ3) is 4.89. The topological polar surface area (TPSA) is 119 Å². The SMILES string of the molecule is COCc1cc(NC(=O)c2ccc(C(C)C)c([N+](=O)[O-])c2)cc(C(=O)O)c1. The Bertz CT molecular complexity index is 892. The molecule has 0 fully saturated rings. The van der Waals surface area contributed by atoms with Crippen molar-refractivity contribution in [3.63, 3.8) is 0 Å². The molecule has 8 heteroatoms. The maximum Gasteiger partial charge on any atom is 0.335 e. The summed E-state index contributed by atoms with van der Waals surface area (Å²) in [4.78, 5) is 34.5. The van der Waals surface area contributed by atoms with Crippen molar-refractivity contribution in [3.8, 4) is 0 Å². The average Bonchev–Trinajstić information content (AvgIpc) is 2.61. The van der Waals surface area contributed by atoms with Crippen molar-refractivity contribution in [2.45, 2.75) is 26.4 Å². The number of nitro benzene ring substituents is 1. The van der Waals surface area contributed by atoms with Gasteiger partial charge in [-0.1, -0.05) is 19.9 Å². The lowest BCUT2D eigenvalue weighted by molar-refractivity contribution is -0.385. The number of carboxylic acid groups (broad SMARTS) is 1. The van der Waals surface area contributed by atoms with Crippen LogP contribution in [0.15, 0.2) is 36.4 Å². The Hall–Kier alpha value is -3.26. The van der Waals surface area contributed by atoms with Gasteiger partial charge in [-0.15, -0.1) is 0 Å². The van der Waals surface area contributed by atoms with Crippen LogP contribution in [0, 0.1) is 10.1 Å². The number of anilines is 1. The molecule has 27 heavy (non-hydrogen) atoms. The fraction of sp³-hybridized carbons (Fsp3) is 0.263. The summed E-state index contributed by atoms with van der Waals surface area (Å²) < 4.78 is 5.00. The number of hydrogen-bond donors (Lipinski definition) is 2. The zero-order valence-electron chi connectivity index (χ0n) is 15.2. The van der Waals surface area contributed by atoms with Crippen molar-refractivity contribution >= 4 is 23.3 Å². The standard InChI is InChI=1S/C19H20N2O6/c1-11(2)16-5-4-13(9-17(16)21(25)26)18(22)20-15-7-12(10-27-3)6-14(8-15)19(23)24/h4-9,11H,10H2,1-3H3,(H,20,22)(H,23,24). The molecule has 2 aromatic carbocycles. The van der Waals surface area contributed by atoms with Crippen LogP contribution in [0.4, 0.5) is 11.4 Å². The van der Waals surface area contributed by atoms with Gasteiger partial charge in [0, 0.05) is 30.0 Å². The van der Waals surface area contributed by atoms with E-state index < -0.39 is 16.8 Å². The smallest absolute Gasteiger partial charge is 0.335 e. The average molecular weight is 372 g/mol. The van der Waals surface area contributed by atoms with Crippen LogP contribution in [0.2, 0.25) is 0 Å².